The molecule has 8 heteroatoms. The molecule has 0 unspecified atom stereocenters. The number of fused-ring (bicyclic) bond motifs is 1. The Hall–Kier alpha value is -3.39. The van der Waals surface area contributed by atoms with Gasteiger partial charge in [0.15, 0.2) is 5.65 Å². The van der Waals surface area contributed by atoms with Crippen LogP contribution in [0.25, 0.3) is 39.4 Å². The SMILES string of the molecule is CCCc1nc2c(C)cc(Br)nc2n1-c1ccc(-c2ccccc2-c2nn[nH]n2)cc1. The van der Waals surface area contributed by atoms with Gasteiger partial charge in [0.25, 0.3) is 0 Å². The van der Waals surface area contributed by atoms with Crippen LogP contribution in [0.3, 0.4) is 0 Å². The van der Waals surface area contributed by atoms with Gasteiger partial charge in [-0.3, -0.25) is 4.57 Å². The summed E-state index contributed by atoms with van der Waals surface area (Å²) in [4.78, 5) is 9.63. The van der Waals surface area contributed by atoms with Gasteiger partial charge in [-0.25, -0.2) is 9.97 Å². The van der Waals surface area contributed by atoms with Crippen LogP contribution in [0.2, 0.25) is 0 Å². The number of halogens is 1. The Morgan fingerprint density at radius 1 is 1.00 bits per heavy atom. The van der Waals surface area contributed by atoms with E-state index in [1.54, 1.807) is 0 Å². The van der Waals surface area contributed by atoms with E-state index in [1.165, 1.54) is 0 Å². The number of aromatic nitrogens is 7. The molecule has 0 aliphatic rings. The number of rotatable bonds is 5. The zero-order valence-electron chi connectivity index (χ0n) is 17.2. The summed E-state index contributed by atoms with van der Waals surface area (Å²) >= 11 is 3.54. The summed E-state index contributed by atoms with van der Waals surface area (Å²) < 4.78 is 2.97. The van der Waals surface area contributed by atoms with Crippen LogP contribution in [0.1, 0.15) is 24.7 Å². The lowest BCUT2D eigenvalue weighted by molar-refractivity contribution is 0.815. The fourth-order valence-corrected chi connectivity index (χ4v) is 4.37. The highest BCUT2D eigenvalue weighted by atomic mass is 79.9. The summed E-state index contributed by atoms with van der Waals surface area (Å²) in [5, 5.41) is 14.5. The lowest BCUT2D eigenvalue weighted by Crippen LogP contribution is -2.02. The van der Waals surface area contributed by atoms with Crippen molar-refractivity contribution >= 4 is 27.1 Å². The molecule has 3 heterocycles. The quantitative estimate of drug-likeness (QED) is 0.350. The summed E-state index contributed by atoms with van der Waals surface area (Å²) in [6, 6.07) is 18.5. The highest BCUT2D eigenvalue weighted by Crippen LogP contribution is 2.31. The predicted octanol–water partition coefficient (Wildman–Crippen LogP) is 5.29. The average Bonchev–Trinajstić information content (AvgIpc) is 3.43. The number of nitrogens with one attached hydrogen (secondary N) is 1. The van der Waals surface area contributed by atoms with E-state index in [2.05, 4.69) is 85.3 Å². The first-order chi connectivity index (χ1) is 15.2. The monoisotopic (exact) mass is 473 g/mol. The molecule has 5 rings (SSSR count). The first-order valence-electron chi connectivity index (χ1n) is 10.1. The maximum Gasteiger partial charge on any atom is 0.205 e. The van der Waals surface area contributed by atoms with Crippen LogP contribution in [-0.4, -0.2) is 35.2 Å². The van der Waals surface area contributed by atoms with Crippen molar-refractivity contribution in [2.75, 3.05) is 0 Å². The minimum atomic E-state index is 0.579. The number of hydrogen-bond donors (Lipinski definition) is 1. The standard InChI is InChI=1S/C23H20BrN7/c1-3-6-20-26-21-14(2)13-19(24)25-23(21)31(20)16-11-9-15(10-12-16)17-7-4-5-8-18(17)22-27-29-30-28-22/h4-5,7-13H,3,6H2,1-2H3,(H,27,28,29,30). The Morgan fingerprint density at radius 2 is 1.77 bits per heavy atom. The fraction of sp³-hybridized carbons (Fsp3) is 0.174. The Balaban J connectivity index is 1.63. The number of tetrazole rings is 1. The van der Waals surface area contributed by atoms with Gasteiger partial charge in [0.05, 0.1) is 0 Å². The third-order valence-corrected chi connectivity index (χ3v) is 5.67. The normalized spacial score (nSPS) is 11.3. The molecule has 0 fully saturated rings. The van der Waals surface area contributed by atoms with Crippen molar-refractivity contribution in [2.24, 2.45) is 0 Å². The van der Waals surface area contributed by atoms with E-state index in [-0.39, 0.29) is 0 Å². The van der Waals surface area contributed by atoms with Crippen molar-refractivity contribution in [2.45, 2.75) is 26.7 Å². The van der Waals surface area contributed by atoms with Gasteiger partial charge in [0, 0.05) is 17.7 Å². The first-order valence-corrected chi connectivity index (χ1v) is 10.9. The van der Waals surface area contributed by atoms with E-state index in [0.717, 1.165) is 62.4 Å². The summed E-state index contributed by atoms with van der Waals surface area (Å²) in [6.07, 6.45) is 1.90. The van der Waals surface area contributed by atoms with E-state index < -0.39 is 0 Å². The Morgan fingerprint density at radius 3 is 2.48 bits per heavy atom. The molecule has 2 aromatic carbocycles. The second-order valence-electron chi connectivity index (χ2n) is 7.38. The van der Waals surface area contributed by atoms with Gasteiger partial charge in [0.2, 0.25) is 5.82 Å². The van der Waals surface area contributed by atoms with E-state index in [4.69, 9.17) is 9.97 Å². The molecule has 7 nitrogen and oxygen atoms in total. The maximum absolute atomic E-state index is 4.90. The van der Waals surface area contributed by atoms with Crippen LogP contribution < -0.4 is 0 Å². The number of aromatic amines is 1. The van der Waals surface area contributed by atoms with Crippen LogP contribution in [-0.2, 0) is 6.42 Å². The average molecular weight is 474 g/mol. The number of imidazole rings is 1. The molecule has 1 N–H and O–H groups in total. The lowest BCUT2D eigenvalue weighted by atomic mass is 9.99. The third-order valence-electron chi connectivity index (χ3n) is 5.27. The number of benzene rings is 2. The molecular formula is C23H20BrN7. The predicted molar refractivity (Wildman–Crippen MR) is 124 cm³/mol. The molecule has 0 aliphatic heterocycles. The zero-order chi connectivity index (χ0) is 21.4. The molecule has 31 heavy (non-hydrogen) atoms. The molecule has 0 atom stereocenters. The number of pyridine rings is 1. The fourth-order valence-electron chi connectivity index (χ4n) is 3.86. The van der Waals surface area contributed by atoms with Crippen LogP contribution in [0, 0.1) is 6.92 Å². The van der Waals surface area contributed by atoms with Gasteiger partial charge in [0.1, 0.15) is 15.9 Å². The van der Waals surface area contributed by atoms with Crippen molar-refractivity contribution in [3.63, 3.8) is 0 Å². The third kappa shape index (κ3) is 3.53. The molecule has 0 radical (unpaired) electrons. The highest BCUT2D eigenvalue weighted by Gasteiger charge is 2.16. The van der Waals surface area contributed by atoms with E-state index in [9.17, 15) is 0 Å². The molecule has 154 valence electrons. The Labute approximate surface area is 187 Å². The minimum absolute atomic E-state index is 0.579. The van der Waals surface area contributed by atoms with Gasteiger partial charge in [-0.15, -0.1) is 10.2 Å². The Bertz CT molecular complexity index is 1360. The number of hydrogen-bond acceptors (Lipinski definition) is 5. The van der Waals surface area contributed by atoms with Crippen molar-refractivity contribution in [1.82, 2.24) is 35.2 Å². The van der Waals surface area contributed by atoms with Gasteiger partial charge in [-0.2, -0.15) is 5.21 Å². The molecule has 5 aromatic rings. The molecule has 3 aromatic heterocycles. The minimum Gasteiger partial charge on any atom is -0.281 e. The van der Waals surface area contributed by atoms with Gasteiger partial charge >= 0.3 is 0 Å². The molecule has 0 saturated heterocycles. The number of aryl methyl sites for hydroxylation is 2. The van der Waals surface area contributed by atoms with E-state index in [0.29, 0.717) is 5.82 Å². The summed E-state index contributed by atoms with van der Waals surface area (Å²) in [7, 11) is 0. The zero-order valence-corrected chi connectivity index (χ0v) is 18.8. The number of nitrogens with zero attached hydrogens (tertiary/aromatic N) is 6. The second kappa shape index (κ2) is 8.03. The van der Waals surface area contributed by atoms with Crippen molar-refractivity contribution in [3.05, 3.63) is 70.6 Å². The summed E-state index contributed by atoms with van der Waals surface area (Å²) in [6.45, 7) is 4.23. The molecule has 0 aliphatic carbocycles. The van der Waals surface area contributed by atoms with Crippen molar-refractivity contribution in [1.29, 1.82) is 0 Å². The molecular weight excluding hydrogens is 454 g/mol. The van der Waals surface area contributed by atoms with Crippen LogP contribution in [0.15, 0.2) is 59.2 Å². The second-order valence-corrected chi connectivity index (χ2v) is 8.19. The molecule has 0 saturated carbocycles. The Kier molecular flexibility index (Phi) is 5.07. The number of H-pyrrole nitrogens is 1. The maximum atomic E-state index is 4.90. The molecule has 0 bridgehead atoms. The summed E-state index contributed by atoms with van der Waals surface area (Å²) in [5.74, 6) is 1.60. The van der Waals surface area contributed by atoms with E-state index >= 15 is 0 Å². The van der Waals surface area contributed by atoms with Crippen molar-refractivity contribution < 1.29 is 0 Å². The van der Waals surface area contributed by atoms with Gasteiger partial charge in [-0.1, -0.05) is 43.3 Å². The smallest absolute Gasteiger partial charge is 0.205 e. The van der Waals surface area contributed by atoms with Crippen LogP contribution in [0.5, 0.6) is 0 Å². The highest BCUT2D eigenvalue weighted by molar-refractivity contribution is 9.10. The van der Waals surface area contributed by atoms with Crippen LogP contribution >= 0.6 is 15.9 Å². The van der Waals surface area contributed by atoms with Gasteiger partial charge in [-0.05, 0) is 69.4 Å². The first kappa shape index (κ1) is 19.6. The lowest BCUT2D eigenvalue weighted by Gasteiger charge is -2.11. The van der Waals surface area contributed by atoms with Gasteiger partial charge < -0.3 is 0 Å². The van der Waals surface area contributed by atoms with E-state index in [1.807, 2.05) is 24.3 Å². The summed E-state index contributed by atoms with van der Waals surface area (Å²) in [5.41, 5.74) is 7.03. The van der Waals surface area contributed by atoms with Crippen molar-refractivity contribution in [3.8, 4) is 28.2 Å². The largest absolute Gasteiger partial charge is 0.281 e. The topological polar surface area (TPSA) is 85.2 Å². The molecule has 0 spiro atoms. The molecule has 0 amide bonds. The van der Waals surface area contributed by atoms with Crippen LogP contribution in [0.4, 0.5) is 0 Å².